The van der Waals surface area contributed by atoms with Crippen molar-refractivity contribution in [1.29, 1.82) is 0 Å². The highest BCUT2D eigenvalue weighted by Gasteiger charge is 2.31. The minimum atomic E-state index is 0.130. The number of hydrogen-bond donors (Lipinski definition) is 1. The number of hydrogen-bond acceptors (Lipinski definition) is 2. The van der Waals surface area contributed by atoms with E-state index in [1.807, 2.05) is 0 Å². The molecule has 2 aliphatic rings. The summed E-state index contributed by atoms with van der Waals surface area (Å²) in [5.41, 5.74) is 9.00. The summed E-state index contributed by atoms with van der Waals surface area (Å²) in [5.74, 6) is 0.772. The van der Waals surface area contributed by atoms with E-state index in [1.165, 1.54) is 24.0 Å². The van der Waals surface area contributed by atoms with Crippen molar-refractivity contribution in [2.24, 2.45) is 5.73 Å². The highest BCUT2D eigenvalue weighted by atomic mass is 16.5. The van der Waals surface area contributed by atoms with E-state index in [2.05, 4.69) is 24.3 Å². The van der Waals surface area contributed by atoms with Crippen LogP contribution in [0.15, 0.2) is 24.3 Å². The summed E-state index contributed by atoms with van der Waals surface area (Å²) in [6.07, 6.45) is 4.98. The van der Waals surface area contributed by atoms with Crippen LogP contribution in [0.3, 0.4) is 0 Å². The van der Waals surface area contributed by atoms with Crippen LogP contribution in [0.5, 0.6) is 0 Å². The Labute approximate surface area is 96.8 Å². The Morgan fingerprint density at radius 3 is 2.50 bits per heavy atom. The van der Waals surface area contributed by atoms with E-state index in [1.54, 1.807) is 0 Å². The summed E-state index contributed by atoms with van der Waals surface area (Å²) in [6, 6.07) is 8.85. The van der Waals surface area contributed by atoms with Gasteiger partial charge in [0.05, 0.1) is 6.10 Å². The molecule has 1 heterocycles. The number of rotatable bonds is 2. The predicted octanol–water partition coefficient (Wildman–Crippen LogP) is 2.74. The molecule has 3 rings (SSSR count). The molecule has 0 aromatic heterocycles. The molecule has 0 bridgehead atoms. The van der Waals surface area contributed by atoms with E-state index in [0.717, 1.165) is 25.4 Å². The topological polar surface area (TPSA) is 35.2 Å². The summed E-state index contributed by atoms with van der Waals surface area (Å²) in [5, 5.41) is 0. The smallest absolute Gasteiger partial charge is 0.0978 e. The van der Waals surface area contributed by atoms with Gasteiger partial charge in [-0.05, 0) is 42.7 Å². The fourth-order valence-corrected chi connectivity index (χ4v) is 2.66. The van der Waals surface area contributed by atoms with Crippen LogP contribution in [0.25, 0.3) is 0 Å². The molecule has 1 aromatic rings. The van der Waals surface area contributed by atoms with Crippen LogP contribution >= 0.6 is 0 Å². The van der Waals surface area contributed by atoms with Gasteiger partial charge in [0.1, 0.15) is 0 Å². The van der Waals surface area contributed by atoms with Crippen molar-refractivity contribution in [3.8, 4) is 0 Å². The molecule has 2 N–H and O–H groups in total. The van der Waals surface area contributed by atoms with Crippen LogP contribution in [0, 0.1) is 0 Å². The maximum atomic E-state index is 6.18. The second-order valence-corrected chi connectivity index (χ2v) is 5.00. The zero-order valence-electron chi connectivity index (χ0n) is 9.56. The Bertz CT molecular complexity index is 373. The third kappa shape index (κ3) is 1.87. The van der Waals surface area contributed by atoms with Crippen LogP contribution < -0.4 is 5.73 Å². The summed E-state index contributed by atoms with van der Waals surface area (Å²) >= 11 is 0. The summed E-state index contributed by atoms with van der Waals surface area (Å²) < 4.78 is 5.87. The first kappa shape index (κ1) is 10.3. The molecule has 0 spiro atoms. The molecular formula is C14H19NO. The van der Waals surface area contributed by atoms with Crippen molar-refractivity contribution in [1.82, 2.24) is 0 Å². The fourth-order valence-electron chi connectivity index (χ4n) is 2.66. The van der Waals surface area contributed by atoms with Gasteiger partial charge in [-0.1, -0.05) is 24.3 Å². The molecule has 0 radical (unpaired) electrons. The minimum absolute atomic E-state index is 0.130. The molecule has 2 heteroatoms. The maximum Gasteiger partial charge on any atom is 0.0978 e. The standard InChI is InChI=1S/C14H19NO/c15-13-6-3-9-16-14(13)12-5-2-1-4-11(12)10-7-8-10/h1-2,4-5,10,13-14H,3,6-9,15H2. The average molecular weight is 217 g/mol. The van der Waals surface area contributed by atoms with Crippen molar-refractivity contribution >= 4 is 0 Å². The molecule has 1 saturated heterocycles. The van der Waals surface area contributed by atoms with Crippen molar-refractivity contribution in [3.05, 3.63) is 35.4 Å². The van der Waals surface area contributed by atoms with Gasteiger partial charge in [-0.25, -0.2) is 0 Å². The number of ether oxygens (including phenoxy) is 1. The van der Waals surface area contributed by atoms with E-state index in [9.17, 15) is 0 Å². The summed E-state index contributed by atoms with van der Waals surface area (Å²) in [7, 11) is 0. The summed E-state index contributed by atoms with van der Waals surface area (Å²) in [4.78, 5) is 0. The molecular weight excluding hydrogens is 198 g/mol. The van der Waals surface area contributed by atoms with Gasteiger partial charge in [0, 0.05) is 12.6 Å². The third-order valence-corrected chi connectivity index (χ3v) is 3.69. The number of nitrogens with two attached hydrogens (primary N) is 1. The van der Waals surface area contributed by atoms with Crippen LogP contribution in [0.4, 0.5) is 0 Å². The lowest BCUT2D eigenvalue weighted by atomic mass is 9.91. The largest absolute Gasteiger partial charge is 0.372 e. The normalized spacial score (nSPS) is 30.3. The monoisotopic (exact) mass is 217 g/mol. The first-order valence-corrected chi connectivity index (χ1v) is 6.32. The minimum Gasteiger partial charge on any atom is -0.372 e. The molecule has 2 fully saturated rings. The van der Waals surface area contributed by atoms with Crippen LogP contribution in [0.2, 0.25) is 0 Å². The first-order valence-electron chi connectivity index (χ1n) is 6.32. The van der Waals surface area contributed by atoms with E-state index in [-0.39, 0.29) is 12.1 Å². The second-order valence-electron chi connectivity index (χ2n) is 5.00. The van der Waals surface area contributed by atoms with Gasteiger partial charge < -0.3 is 10.5 Å². The zero-order valence-corrected chi connectivity index (χ0v) is 9.56. The Morgan fingerprint density at radius 1 is 1.06 bits per heavy atom. The lowest BCUT2D eigenvalue weighted by Gasteiger charge is -2.30. The molecule has 1 aromatic carbocycles. The Hall–Kier alpha value is -0.860. The van der Waals surface area contributed by atoms with Crippen molar-refractivity contribution in [2.75, 3.05) is 6.61 Å². The highest BCUT2D eigenvalue weighted by Crippen LogP contribution is 2.44. The van der Waals surface area contributed by atoms with Gasteiger partial charge >= 0.3 is 0 Å². The molecule has 86 valence electrons. The average Bonchev–Trinajstić information content (AvgIpc) is 3.14. The molecule has 1 aliphatic carbocycles. The molecule has 0 amide bonds. The Morgan fingerprint density at radius 2 is 1.81 bits per heavy atom. The summed E-state index contributed by atoms with van der Waals surface area (Å²) in [6.45, 7) is 0.858. The molecule has 2 unspecified atom stereocenters. The van der Waals surface area contributed by atoms with Crippen LogP contribution in [-0.2, 0) is 4.74 Å². The molecule has 1 aliphatic heterocycles. The van der Waals surface area contributed by atoms with E-state index < -0.39 is 0 Å². The predicted molar refractivity (Wildman–Crippen MR) is 64.3 cm³/mol. The molecule has 1 saturated carbocycles. The lowest BCUT2D eigenvalue weighted by Crippen LogP contribution is -2.34. The molecule has 2 atom stereocenters. The van der Waals surface area contributed by atoms with Gasteiger partial charge in [0.25, 0.3) is 0 Å². The van der Waals surface area contributed by atoms with Gasteiger partial charge in [-0.15, -0.1) is 0 Å². The first-order chi connectivity index (χ1) is 7.86. The van der Waals surface area contributed by atoms with E-state index in [0.29, 0.717) is 0 Å². The van der Waals surface area contributed by atoms with E-state index in [4.69, 9.17) is 10.5 Å². The second kappa shape index (κ2) is 4.19. The van der Waals surface area contributed by atoms with Crippen LogP contribution in [-0.4, -0.2) is 12.6 Å². The van der Waals surface area contributed by atoms with Gasteiger partial charge in [-0.3, -0.25) is 0 Å². The SMILES string of the molecule is NC1CCCOC1c1ccccc1C1CC1. The van der Waals surface area contributed by atoms with Crippen molar-refractivity contribution < 1.29 is 4.74 Å². The third-order valence-electron chi connectivity index (χ3n) is 3.69. The maximum absolute atomic E-state index is 6.18. The zero-order chi connectivity index (χ0) is 11.0. The van der Waals surface area contributed by atoms with Gasteiger partial charge in [0.15, 0.2) is 0 Å². The lowest BCUT2D eigenvalue weighted by molar-refractivity contribution is -0.000368. The van der Waals surface area contributed by atoms with Crippen LogP contribution in [0.1, 0.15) is 48.8 Å². The quantitative estimate of drug-likeness (QED) is 0.826. The number of benzene rings is 1. The van der Waals surface area contributed by atoms with Crippen molar-refractivity contribution in [2.45, 2.75) is 43.7 Å². The van der Waals surface area contributed by atoms with Crippen molar-refractivity contribution in [3.63, 3.8) is 0 Å². The molecule has 2 nitrogen and oxygen atoms in total. The fraction of sp³-hybridized carbons (Fsp3) is 0.571. The van der Waals surface area contributed by atoms with Gasteiger partial charge in [-0.2, -0.15) is 0 Å². The Kier molecular flexibility index (Phi) is 2.70. The Balaban J connectivity index is 1.91. The molecule has 16 heavy (non-hydrogen) atoms. The highest BCUT2D eigenvalue weighted by molar-refractivity contribution is 5.35. The van der Waals surface area contributed by atoms with Gasteiger partial charge in [0.2, 0.25) is 0 Å². The van der Waals surface area contributed by atoms with E-state index >= 15 is 0 Å².